The first-order chi connectivity index (χ1) is 11.9. The molecular formula is C16H24N2O6S. The van der Waals surface area contributed by atoms with Crippen molar-refractivity contribution >= 4 is 16.2 Å². The van der Waals surface area contributed by atoms with Gasteiger partial charge in [0.25, 0.3) is 10.2 Å². The van der Waals surface area contributed by atoms with Crippen molar-refractivity contribution in [1.82, 2.24) is 9.03 Å². The number of hydrogen-bond donors (Lipinski definition) is 2. The highest BCUT2D eigenvalue weighted by Gasteiger charge is 2.30. The summed E-state index contributed by atoms with van der Waals surface area (Å²) in [6.45, 7) is 0.667. The third-order valence-electron chi connectivity index (χ3n) is 4.32. The predicted octanol–water partition coefficient (Wildman–Crippen LogP) is 0.877. The van der Waals surface area contributed by atoms with Crippen LogP contribution in [-0.2, 0) is 21.4 Å². The first kappa shape index (κ1) is 19.5. The molecule has 9 heteroatoms. The fraction of sp³-hybridized carbons (Fsp3) is 0.562. The van der Waals surface area contributed by atoms with Gasteiger partial charge in [0.2, 0.25) is 0 Å². The van der Waals surface area contributed by atoms with Gasteiger partial charge in [0.05, 0.1) is 20.1 Å². The molecule has 1 saturated heterocycles. The predicted molar refractivity (Wildman–Crippen MR) is 92.1 cm³/mol. The molecule has 1 aliphatic heterocycles. The number of carboxylic acids is 1. The first-order valence-electron chi connectivity index (χ1n) is 8.06. The molecular weight excluding hydrogens is 348 g/mol. The Balaban J connectivity index is 1.89. The number of aliphatic carboxylic acids is 1. The zero-order valence-corrected chi connectivity index (χ0v) is 15.2. The van der Waals surface area contributed by atoms with Gasteiger partial charge in [0.15, 0.2) is 0 Å². The fourth-order valence-corrected chi connectivity index (χ4v) is 4.04. The maximum atomic E-state index is 12.3. The number of benzene rings is 1. The number of ether oxygens (including phenoxy) is 2. The Labute approximate surface area is 147 Å². The number of carboxylic acid groups (broad SMARTS) is 1. The van der Waals surface area contributed by atoms with E-state index in [0.29, 0.717) is 30.8 Å². The summed E-state index contributed by atoms with van der Waals surface area (Å²) >= 11 is 0. The van der Waals surface area contributed by atoms with E-state index in [9.17, 15) is 13.2 Å². The summed E-state index contributed by atoms with van der Waals surface area (Å²) < 4.78 is 38.9. The molecule has 1 aliphatic rings. The quantitative estimate of drug-likeness (QED) is 0.702. The lowest BCUT2D eigenvalue weighted by Crippen LogP contribution is -2.46. The highest BCUT2D eigenvalue weighted by atomic mass is 32.2. The molecule has 25 heavy (non-hydrogen) atoms. The Morgan fingerprint density at radius 1 is 1.28 bits per heavy atom. The molecule has 140 valence electrons. The van der Waals surface area contributed by atoms with Crippen LogP contribution in [0.5, 0.6) is 11.5 Å². The van der Waals surface area contributed by atoms with Gasteiger partial charge in [-0.05, 0) is 30.9 Å². The van der Waals surface area contributed by atoms with Crippen LogP contribution in [0.25, 0.3) is 0 Å². The van der Waals surface area contributed by atoms with E-state index >= 15 is 0 Å². The van der Waals surface area contributed by atoms with Crippen LogP contribution in [0.4, 0.5) is 0 Å². The number of nitrogens with one attached hydrogen (secondary N) is 1. The monoisotopic (exact) mass is 372 g/mol. The Hall–Kier alpha value is -1.84. The molecule has 1 heterocycles. The van der Waals surface area contributed by atoms with Crippen molar-refractivity contribution in [2.75, 3.05) is 33.9 Å². The standard InChI is InChI=1S/C16H24N2O6S/c1-23-14-4-3-12(15(11-14)24-2)5-8-17-25(21,22)18-9-6-13(7-10-18)16(19)20/h3-4,11,13,17H,5-10H2,1-2H3,(H,19,20). The normalized spacial score (nSPS) is 16.6. The number of methoxy groups -OCH3 is 2. The number of piperidine rings is 1. The molecule has 0 aromatic heterocycles. The molecule has 1 fully saturated rings. The highest BCUT2D eigenvalue weighted by Crippen LogP contribution is 2.25. The minimum Gasteiger partial charge on any atom is -0.497 e. The van der Waals surface area contributed by atoms with Crippen molar-refractivity contribution in [3.05, 3.63) is 23.8 Å². The van der Waals surface area contributed by atoms with Crippen molar-refractivity contribution in [3.8, 4) is 11.5 Å². The summed E-state index contributed by atoms with van der Waals surface area (Å²) in [5, 5.41) is 8.98. The lowest BCUT2D eigenvalue weighted by molar-refractivity contribution is -0.142. The summed E-state index contributed by atoms with van der Waals surface area (Å²) in [7, 11) is -0.494. The highest BCUT2D eigenvalue weighted by molar-refractivity contribution is 7.87. The largest absolute Gasteiger partial charge is 0.497 e. The lowest BCUT2D eigenvalue weighted by atomic mass is 9.99. The minimum absolute atomic E-state index is 0.220. The van der Waals surface area contributed by atoms with Crippen molar-refractivity contribution in [2.45, 2.75) is 19.3 Å². The van der Waals surface area contributed by atoms with Gasteiger partial charge in [-0.15, -0.1) is 0 Å². The van der Waals surface area contributed by atoms with Crippen LogP contribution in [0, 0.1) is 5.92 Å². The van der Waals surface area contributed by atoms with Gasteiger partial charge in [-0.2, -0.15) is 12.7 Å². The first-order valence-corrected chi connectivity index (χ1v) is 9.50. The summed E-state index contributed by atoms with van der Waals surface area (Å²) in [6, 6.07) is 5.38. The van der Waals surface area contributed by atoms with Crippen LogP contribution in [-0.4, -0.2) is 57.7 Å². The average molecular weight is 372 g/mol. The van der Waals surface area contributed by atoms with Crippen molar-refractivity contribution < 1.29 is 27.8 Å². The van der Waals surface area contributed by atoms with Crippen molar-refractivity contribution in [3.63, 3.8) is 0 Å². The van der Waals surface area contributed by atoms with Crippen LogP contribution >= 0.6 is 0 Å². The van der Waals surface area contributed by atoms with Gasteiger partial charge in [-0.3, -0.25) is 4.79 Å². The zero-order chi connectivity index (χ0) is 18.4. The summed E-state index contributed by atoms with van der Waals surface area (Å²) in [4.78, 5) is 10.9. The van der Waals surface area contributed by atoms with Crippen molar-refractivity contribution in [2.24, 2.45) is 5.92 Å². The number of carbonyl (C=O) groups is 1. The smallest absolute Gasteiger partial charge is 0.306 e. The van der Waals surface area contributed by atoms with Crippen LogP contribution in [0.1, 0.15) is 18.4 Å². The van der Waals surface area contributed by atoms with E-state index in [1.54, 1.807) is 26.4 Å². The fourth-order valence-electron chi connectivity index (χ4n) is 2.81. The number of rotatable bonds is 8. The Bertz CT molecular complexity index is 699. The van der Waals surface area contributed by atoms with Crippen molar-refractivity contribution in [1.29, 1.82) is 0 Å². The molecule has 0 spiro atoms. The third kappa shape index (κ3) is 5.07. The summed E-state index contributed by atoms with van der Waals surface area (Å²) in [5.74, 6) is -0.0186. The summed E-state index contributed by atoms with van der Waals surface area (Å²) in [6.07, 6.45) is 1.14. The maximum absolute atomic E-state index is 12.3. The molecule has 0 bridgehead atoms. The molecule has 0 radical (unpaired) electrons. The molecule has 0 saturated carbocycles. The molecule has 0 amide bonds. The van der Waals surface area contributed by atoms with E-state index < -0.39 is 22.1 Å². The maximum Gasteiger partial charge on any atom is 0.306 e. The molecule has 0 atom stereocenters. The average Bonchev–Trinajstić information content (AvgIpc) is 2.61. The number of nitrogens with zero attached hydrogens (tertiary/aromatic N) is 1. The van der Waals surface area contributed by atoms with E-state index in [1.807, 2.05) is 6.07 Å². The van der Waals surface area contributed by atoms with E-state index in [-0.39, 0.29) is 19.6 Å². The van der Waals surface area contributed by atoms with Gasteiger partial charge in [0, 0.05) is 25.7 Å². The lowest BCUT2D eigenvalue weighted by Gasteiger charge is -2.29. The van der Waals surface area contributed by atoms with Crippen LogP contribution in [0.15, 0.2) is 18.2 Å². The Kier molecular flexibility index (Phi) is 6.63. The molecule has 8 nitrogen and oxygen atoms in total. The van der Waals surface area contributed by atoms with Gasteiger partial charge < -0.3 is 14.6 Å². The Morgan fingerprint density at radius 2 is 1.96 bits per heavy atom. The zero-order valence-electron chi connectivity index (χ0n) is 14.4. The van der Waals surface area contributed by atoms with E-state index in [4.69, 9.17) is 14.6 Å². The molecule has 1 aromatic carbocycles. The second-order valence-corrected chi connectivity index (χ2v) is 7.59. The van der Waals surface area contributed by atoms with E-state index in [1.165, 1.54) is 4.31 Å². The minimum atomic E-state index is -3.61. The summed E-state index contributed by atoms with van der Waals surface area (Å²) in [5.41, 5.74) is 0.871. The second-order valence-electron chi connectivity index (χ2n) is 5.84. The van der Waals surface area contributed by atoms with Crippen LogP contribution in [0.3, 0.4) is 0 Å². The number of hydrogen-bond acceptors (Lipinski definition) is 5. The van der Waals surface area contributed by atoms with E-state index in [0.717, 1.165) is 5.56 Å². The molecule has 0 unspecified atom stereocenters. The van der Waals surface area contributed by atoms with Gasteiger partial charge in [-0.25, -0.2) is 4.72 Å². The molecule has 1 aromatic rings. The van der Waals surface area contributed by atoms with Gasteiger partial charge in [0.1, 0.15) is 11.5 Å². The van der Waals surface area contributed by atoms with Crippen LogP contribution < -0.4 is 14.2 Å². The molecule has 2 N–H and O–H groups in total. The molecule has 0 aliphatic carbocycles. The Morgan fingerprint density at radius 3 is 2.52 bits per heavy atom. The SMILES string of the molecule is COc1ccc(CCNS(=O)(=O)N2CCC(C(=O)O)CC2)c(OC)c1. The third-order valence-corrected chi connectivity index (χ3v) is 5.93. The second kappa shape index (κ2) is 8.50. The van der Waals surface area contributed by atoms with E-state index in [2.05, 4.69) is 4.72 Å². The topological polar surface area (TPSA) is 105 Å². The van der Waals surface area contributed by atoms with Gasteiger partial charge in [-0.1, -0.05) is 6.07 Å². The van der Waals surface area contributed by atoms with Crippen LogP contribution in [0.2, 0.25) is 0 Å². The molecule has 2 rings (SSSR count). The van der Waals surface area contributed by atoms with Gasteiger partial charge >= 0.3 is 5.97 Å².